The molecule has 1 aliphatic carbocycles. The second-order valence-corrected chi connectivity index (χ2v) is 10.1. The van der Waals surface area contributed by atoms with E-state index in [-0.39, 0.29) is 12.0 Å². The molecule has 178 valence electrons. The Balaban J connectivity index is 1.42. The number of amides is 1. The highest BCUT2D eigenvalue weighted by Gasteiger charge is 2.34. The summed E-state index contributed by atoms with van der Waals surface area (Å²) in [5, 5.41) is 15.8. The zero-order chi connectivity index (χ0) is 23.6. The van der Waals surface area contributed by atoms with E-state index in [2.05, 4.69) is 20.2 Å². The van der Waals surface area contributed by atoms with Crippen LogP contribution in [-0.4, -0.2) is 44.6 Å². The lowest BCUT2D eigenvalue weighted by Crippen LogP contribution is -2.34. The van der Waals surface area contributed by atoms with Crippen LogP contribution in [0.2, 0.25) is 0 Å². The van der Waals surface area contributed by atoms with Gasteiger partial charge in [-0.1, -0.05) is 12.1 Å². The third kappa shape index (κ3) is 3.69. The van der Waals surface area contributed by atoms with Crippen LogP contribution in [0.1, 0.15) is 51.6 Å². The number of carbonyl (C=O) groups excluding carboxylic acids is 1. The fourth-order valence-electron chi connectivity index (χ4n) is 5.01. The number of ether oxygens (including phenoxy) is 2. The molecule has 1 aromatic carbocycles. The average molecular weight is 464 g/mol. The molecule has 3 aromatic rings. The number of pyridine rings is 1. The number of aromatic nitrogens is 3. The largest absolute Gasteiger partial charge is 0.473 e. The predicted molar refractivity (Wildman–Crippen MR) is 127 cm³/mol. The van der Waals surface area contributed by atoms with Crippen molar-refractivity contribution in [2.45, 2.75) is 64.0 Å². The molecule has 9 heteroatoms. The Hall–Kier alpha value is -3.17. The molecular formula is C25H29N5O4. The molecule has 2 aromatic heterocycles. The van der Waals surface area contributed by atoms with Gasteiger partial charge in [-0.15, -0.1) is 0 Å². The Morgan fingerprint density at radius 2 is 2.12 bits per heavy atom. The third-order valence-corrected chi connectivity index (χ3v) is 7.11. The van der Waals surface area contributed by atoms with E-state index in [9.17, 15) is 9.90 Å². The number of hydrogen-bond donors (Lipinski definition) is 3. The van der Waals surface area contributed by atoms with Gasteiger partial charge in [0.25, 0.3) is 0 Å². The highest BCUT2D eigenvalue weighted by atomic mass is 16.6. The molecule has 0 spiro atoms. The van der Waals surface area contributed by atoms with Gasteiger partial charge in [-0.05, 0) is 52.2 Å². The topological polar surface area (TPSA) is 111 Å². The molecule has 1 saturated heterocycles. The van der Waals surface area contributed by atoms with Crippen molar-refractivity contribution in [2.24, 2.45) is 5.92 Å². The molecule has 3 aliphatic rings. The number of rotatable bonds is 5. The highest BCUT2D eigenvalue weighted by molar-refractivity contribution is 5.91. The number of carbonyl (C=O) groups is 1. The van der Waals surface area contributed by atoms with Crippen LogP contribution in [0.25, 0.3) is 22.3 Å². The first-order valence-electron chi connectivity index (χ1n) is 11.9. The van der Waals surface area contributed by atoms with Crippen molar-refractivity contribution in [1.82, 2.24) is 19.9 Å². The van der Waals surface area contributed by atoms with Crippen LogP contribution in [0, 0.1) is 5.92 Å². The maximum Gasteiger partial charge on any atom is 0.412 e. The smallest absolute Gasteiger partial charge is 0.412 e. The Kier molecular flexibility index (Phi) is 4.82. The first kappa shape index (κ1) is 21.4. The van der Waals surface area contributed by atoms with E-state index < -0.39 is 17.9 Å². The minimum Gasteiger partial charge on any atom is -0.473 e. The lowest BCUT2D eigenvalue weighted by atomic mass is 9.93. The first-order chi connectivity index (χ1) is 16.3. The van der Waals surface area contributed by atoms with Crippen LogP contribution in [0.3, 0.4) is 0 Å². The summed E-state index contributed by atoms with van der Waals surface area (Å²) < 4.78 is 14.1. The van der Waals surface area contributed by atoms with Crippen LogP contribution in [0.4, 0.5) is 10.5 Å². The normalized spacial score (nSPS) is 24.4. The van der Waals surface area contributed by atoms with E-state index in [0.717, 1.165) is 40.7 Å². The van der Waals surface area contributed by atoms with Crippen LogP contribution in [-0.2, 0) is 10.3 Å². The Labute approximate surface area is 197 Å². The highest BCUT2D eigenvalue weighted by Crippen LogP contribution is 2.42. The predicted octanol–water partition coefficient (Wildman–Crippen LogP) is 3.93. The van der Waals surface area contributed by atoms with Crippen molar-refractivity contribution in [3.63, 3.8) is 0 Å². The molecule has 34 heavy (non-hydrogen) atoms. The lowest BCUT2D eigenvalue weighted by molar-refractivity contribution is 0.0420. The second kappa shape index (κ2) is 7.68. The molecule has 1 amide bonds. The van der Waals surface area contributed by atoms with Gasteiger partial charge in [-0.2, -0.15) is 0 Å². The number of nitrogens with zero attached hydrogens (tertiary/aromatic N) is 3. The van der Waals surface area contributed by atoms with Gasteiger partial charge in [0.05, 0.1) is 23.2 Å². The van der Waals surface area contributed by atoms with Gasteiger partial charge < -0.3 is 19.1 Å². The fraction of sp³-hybridized carbons (Fsp3) is 0.480. The van der Waals surface area contributed by atoms with Crippen molar-refractivity contribution < 1.29 is 19.4 Å². The minimum absolute atomic E-state index is 0.126. The van der Waals surface area contributed by atoms with Crippen molar-refractivity contribution in [3.8, 4) is 17.1 Å². The van der Waals surface area contributed by atoms with E-state index in [0.29, 0.717) is 30.6 Å². The summed E-state index contributed by atoms with van der Waals surface area (Å²) in [6, 6.07) is 8.28. The average Bonchev–Trinajstić information content (AvgIpc) is 3.38. The van der Waals surface area contributed by atoms with Crippen molar-refractivity contribution in [1.29, 1.82) is 0 Å². The summed E-state index contributed by atoms with van der Waals surface area (Å²) in [5.41, 5.74) is 4.23. The third-order valence-electron chi connectivity index (χ3n) is 7.11. The zero-order valence-corrected chi connectivity index (χ0v) is 19.5. The maximum absolute atomic E-state index is 12.1. The van der Waals surface area contributed by atoms with Crippen molar-refractivity contribution in [2.75, 3.05) is 11.9 Å². The summed E-state index contributed by atoms with van der Waals surface area (Å²) in [4.78, 5) is 21.7. The number of cyclic esters (lactones) is 1. The molecule has 0 radical (unpaired) electrons. The van der Waals surface area contributed by atoms with E-state index in [4.69, 9.17) is 14.5 Å². The SMILES string of the molecule is C[C@@H](Oc1nc(-c2ccc3c(c2)NC(=O)OC3(C)C)cc2ncn(C3CC3)c12)[C@H]1CNC(O)C1. The molecule has 2 aliphatic heterocycles. The van der Waals surface area contributed by atoms with Crippen molar-refractivity contribution in [3.05, 3.63) is 36.2 Å². The van der Waals surface area contributed by atoms with Gasteiger partial charge in [0.2, 0.25) is 5.88 Å². The standard InChI is InChI=1S/C25H29N5O4/c1-13(15-9-21(31)26-11-15)33-23-22-20(27-12-30(22)16-5-6-16)10-18(28-23)14-4-7-17-19(8-14)29-24(32)34-25(17,2)3/h4,7-8,10,12-13,15-16,21,26,31H,5-6,9,11H2,1-3H3,(H,29,32)/t13-,15-,21?/m1/s1. The molecule has 3 N–H and O–H groups in total. The van der Waals surface area contributed by atoms with Crippen LogP contribution >= 0.6 is 0 Å². The summed E-state index contributed by atoms with van der Waals surface area (Å²) in [6.45, 7) is 6.48. The first-order valence-corrected chi connectivity index (χ1v) is 11.9. The van der Waals surface area contributed by atoms with E-state index in [1.807, 2.05) is 51.4 Å². The number of hydrogen-bond acceptors (Lipinski definition) is 7. The number of anilines is 1. The molecule has 0 bridgehead atoms. The second-order valence-electron chi connectivity index (χ2n) is 10.1. The fourth-order valence-corrected chi connectivity index (χ4v) is 5.01. The van der Waals surface area contributed by atoms with Gasteiger partial charge >= 0.3 is 6.09 Å². The summed E-state index contributed by atoms with van der Waals surface area (Å²) >= 11 is 0. The Bertz CT molecular complexity index is 1280. The molecule has 4 heterocycles. The summed E-state index contributed by atoms with van der Waals surface area (Å²) in [5.74, 6) is 0.741. The number of nitrogens with one attached hydrogen (secondary N) is 2. The maximum atomic E-state index is 12.1. The number of aliphatic hydroxyl groups is 1. The molecule has 3 atom stereocenters. The van der Waals surface area contributed by atoms with Gasteiger partial charge in [0, 0.05) is 29.6 Å². The van der Waals surface area contributed by atoms with Crippen molar-refractivity contribution >= 4 is 22.8 Å². The van der Waals surface area contributed by atoms with Gasteiger partial charge in [0.1, 0.15) is 23.4 Å². The molecule has 2 fully saturated rings. The molecule has 6 rings (SSSR count). The van der Waals surface area contributed by atoms with Gasteiger partial charge in [-0.25, -0.2) is 14.8 Å². The van der Waals surface area contributed by atoms with Crippen LogP contribution in [0.5, 0.6) is 5.88 Å². The van der Waals surface area contributed by atoms with E-state index in [1.54, 1.807) is 0 Å². The van der Waals surface area contributed by atoms with E-state index in [1.165, 1.54) is 0 Å². The molecule has 9 nitrogen and oxygen atoms in total. The monoisotopic (exact) mass is 463 g/mol. The van der Waals surface area contributed by atoms with Crippen LogP contribution in [0.15, 0.2) is 30.6 Å². The molecular weight excluding hydrogens is 434 g/mol. The summed E-state index contributed by atoms with van der Waals surface area (Å²) in [6.07, 6.45) is 3.69. The zero-order valence-electron chi connectivity index (χ0n) is 19.5. The number of benzene rings is 1. The van der Waals surface area contributed by atoms with Crippen LogP contribution < -0.4 is 15.4 Å². The minimum atomic E-state index is -0.708. The number of aliphatic hydroxyl groups excluding tert-OH is 1. The molecule has 1 unspecified atom stereocenters. The molecule has 1 saturated carbocycles. The quantitative estimate of drug-likeness (QED) is 0.526. The Morgan fingerprint density at radius 3 is 2.85 bits per heavy atom. The van der Waals surface area contributed by atoms with E-state index >= 15 is 0 Å². The van der Waals surface area contributed by atoms with Gasteiger partial charge in [-0.3, -0.25) is 10.6 Å². The van der Waals surface area contributed by atoms with Gasteiger partial charge in [0.15, 0.2) is 0 Å². The summed E-state index contributed by atoms with van der Waals surface area (Å²) in [7, 11) is 0. The lowest BCUT2D eigenvalue weighted by Gasteiger charge is -2.32. The number of imidazole rings is 1. The number of fused-ring (bicyclic) bond motifs is 2. The Morgan fingerprint density at radius 1 is 1.29 bits per heavy atom.